The van der Waals surface area contributed by atoms with Crippen molar-refractivity contribution in [2.24, 2.45) is 10.4 Å². The first-order valence-corrected chi connectivity index (χ1v) is 4.28. The standard InChI is InChI=1S/C9H15N3/c1-9(2,3)8(11-7-10)12-5-4-6-12/h4-6H2,1-3H3/b11-8-. The van der Waals surface area contributed by atoms with Gasteiger partial charge in [0.2, 0.25) is 6.19 Å². The van der Waals surface area contributed by atoms with Gasteiger partial charge in [0.25, 0.3) is 0 Å². The van der Waals surface area contributed by atoms with Crippen LogP contribution in [0.3, 0.4) is 0 Å². The van der Waals surface area contributed by atoms with Crippen molar-refractivity contribution in [1.82, 2.24) is 4.90 Å². The molecule has 0 bridgehead atoms. The van der Waals surface area contributed by atoms with Crippen molar-refractivity contribution in [3.63, 3.8) is 0 Å². The van der Waals surface area contributed by atoms with E-state index in [-0.39, 0.29) is 5.41 Å². The third-order valence-electron chi connectivity index (χ3n) is 1.98. The van der Waals surface area contributed by atoms with Crippen LogP contribution in [0.25, 0.3) is 0 Å². The molecule has 0 unspecified atom stereocenters. The average Bonchev–Trinajstić information content (AvgIpc) is 1.80. The van der Waals surface area contributed by atoms with Crippen molar-refractivity contribution < 1.29 is 0 Å². The van der Waals surface area contributed by atoms with Crippen LogP contribution in [0.1, 0.15) is 27.2 Å². The lowest BCUT2D eigenvalue weighted by molar-refractivity contribution is 0.272. The second kappa shape index (κ2) is 3.14. The predicted octanol–water partition coefficient (Wildman–Crippen LogP) is 1.62. The highest BCUT2D eigenvalue weighted by Gasteiger charge is 2.28. The summed E-state index contributed by atoms with van der Waals surface area (Å²) in [6, 6.07) is 0. The van der Waals surface area contributed by atoms with E-state index in [9.17, 15) is 0 Å². The van der Waals surface area contributed by atoms with E-state index in [2.05, 4.69) is 30.7 Å². The summed E-state index contributed by atoms with van der Waals surface area (Å²) in [5.41, 5.74) is -0.00382. The Bertz CT molecular complexity index is 225. The van der Waals surface area contributed by atoms with Crippen LogP contribution in [-0.2, 0) is 0 Å². The third kappa shape index (κ3) is 1.76. The maximum absolute atomic E-state index is 8.50. The largest absolute Gasteiger partial charge is 0.359 e. The Labute approximate surface area is 73.7 Å². The minimum atomic E-state index is -0.00382. The van der Waals surface area contributed by atoms with Gasteiger partial charge in [-0.3, -0.25) is 0 Å². The van der Waals surface area contributed by atoms with Crippen molar-refractivity contribution in [3.8, 4) is 6.19 Å². The molecule has 1 aliphatic heterocycles. The monoisotopic (exact) mass is 165 g/mol. The SMILES string of the molecule is CC(C)(C)/C(=N/C#N)N1CCC1. The molecule has 0 N–H and O–H groups in total. The summed E-state index contributed by atoms with van der Waals surface area (Å²) in [6.07, 6.45) is 3.09. The van der Waals surface area contributed by atoms with Crippen LogP contribution in [0.2, 0.25) is 0 Å². The molecule has 0 aromatic heterocycles. The highest BCUT2D eigenvalue weighted by Crippen LogP contribution is 2.22. The zero-order valence-corrected chi connectivity index (χ0v) is 7.96. The number of rotatable bonds is 0. The molecule has 0 atom stereocenters. The fraction of sp³-hybridized carbons (Fsp3) is 0.778. The topological polar surface area (TPSA) is 39.4 Å². The van der Waals surface area contributed by atoms with Crippen molar-refractivity contribution in [3.05, 3.63) is 0 Å². The highest BCUT2D eigenvalue weighted by atomic mass is 15.2. The van der Waals surface area contributed by atoms with Gasteiger partial charge in [0.1, 0.15) is 5.84 Å². The second-order valence-corrected chi connectivity index (χ2v) is 4.13. The Kier molecular flexibility index (Phi) is 2.37. The van der Waals surface area contributed by atoms with Crippen LogP contribution in [-0.4, -0.2) is 23.8 Å². The molecule has 1 rings (SSSR count). The highest BCUT2D eigenvalue weighted by molar-refractivity contribution is 5.88. The van der Waals surface area contributed by atoms with Gasteiger partial charge >= 0.3 is 0 Å². The van der Waals surface area contributed by atoms with E-state index in [0.717, 1.165) is 18.9 Å². The molecule has 3 nitrogen and oxygen atoms in total. The van der Waals surface area contributed by atoms with Crippen LogP contribution in [0.5, 0.6) is 0 Å². The molecule has 1 heterocycles. The van der Waals surface area contributed by atoms with E-state index in [1.54, 1.807) is 0 Å². The van der Waals surface area contributed by atoms with Gasteiger partial charge in [-0.05, 0) is 6.42 Å². The van der Waals surface area contributed by atoms with Gasteiger partial charge < -0.3 is 4.90 Å². The van der Waals surface area contributed by atoms with Crippen molar-refractivity contribution in [2.45, 2.75) is 27.2 Å². The number of hydrogen-bond donors (Lipinski definition) is 0. The molecule has 3 heteroatoms. The van der Waals surface area contributed by atoms with Gasteiger partial charge in [-0.2, -0.15) is 10.3 Å². The van der Waals surface area contributed by atoms with E-state index >= 15 is 0 Å². The Morgan fingerprint density at radius 1 is 1.42 bits per heavy atom. The van der Waals surface area contributed by atoms with E-state index < -0.39 is 0 Å². The minimum absolute atomic E-state index is 0.00382. The lowest BCUT2D eigenvalue weighted by Gasteiger charge is -2.38. The fourth-order valence-electron chi connectivity index (χ4n) is 1.29. The van der Waals surface area contributed by atoms with Gasteiger partial charge in [0.05, 0.1) is 0 Å². The number of aliphatic imine (C=N–C) groups is 1. The molecule has 0 amide bonds. The minimum Gasteiger partial charge on any atom is -0.359 e. The van der Waals surface area contributed by atoms with E-state index in [0.29, 0.717) is 0 Å². The van der Waals surface area contributed by atoms with Crippen LogP contribution < -0.4 is 0 Å². The van der Waals surface area contributed by atoms with Gasteiger partial charge in [0, 0.05) is 18.5 Å². The molecular weight excluding hydrogens is 150 g/mol. The summed E-state index contributed by atoms with van der Waals surface area (Å²) in [7, 11) is 0. The van der Waals surface area contributed by atoms with E-state index in [4.69, 9.17) is 5.26 Å². The third-order valence-corrected chi connectivity index (χ3v) is 1.98. The first kappa shape index (κ1) is 9.05. The summed E-state index contributed by atoms with van der Waals surface area (Å²) >= 11 is 0. The molecule has 66 valence electrons. The van der Waals surface area contributed by atoms with Gasteiger partial charge in [-0.15, -0.1) is 0 Å². The molecule has 0 saturated carbocycles. The maximum atomic E-state index is 8.50. The van der Waals surface area contributed by atoms with Crippen LogP contribution >= 0.6 is 0 Å². The molecule has 0 aromatic rings. The quantitative estimate of drug-likeness (QED) is 0.311. The van der Waals surface area contributed by atoms with Crippen LogP contribution in [0.15, 0.2) is 4.99 Å². The number of hydrogen-bond acceptors (Lipinski definition) is 2. The fourth-order valence-corrected chi connectivity index (χ4v) is 1.29. The number of nitriles is 1. The van der Waals surface area contributed by atoms with Crippen molar-refractivity contribution in [1.29, 1.82) is 5.26 Å². The first-order chi connectivity index (χ1) is 5.55. The normalized spacial score (nSPS) is 18.5. The van der Waals surface area contributed by atoms with Gasteiger partial charge in [-0.1, -0.05) is 20.8 Å². The number of amidine groups is 1. The van der Waals surface area contributed by atoms with Gasteiger partial charge in [0.15, 0.2) is 0 Å². The van der Waals surface area contributed by atoms with Gasteiger partial charge in [-0.25, -0.2) is 0 Å². The molecule has 0 spiro atoms. The second-order valence-electron chi connectivity index (χ2n) is 4.13. The van der Waals surface area contributed by atoms with E-state index in [1.165, 1.54) is 6.42 Å². The van der Waals surface area contributed by atoms with Crippen molar-refractivity contribution >= 4 is 5.84 Å². The molecule has 0 aliphatic carbocycles. The molecule has 0 aromatic carbocycles. The Morgan fingerprint density at radius 2 is 2.00 bits per heavy atom. The lowest BCUT2D eigenvalue weighted by atomic mass is 9.92. The Morgan fingerprint density at radius 3 is 2.25 bits per heavy atom. The average molecular weight is 165 g/mol. The molecule has 12 heavy (non-hydrogen) atoms. The molecule has 1 fully saturated rings. The molecular formula is C9H15N3. The summed E-state index contributed by atoms with van der Waals surface area (Å²) in [6.45, 7) is 8.36. The molecule has 0 radical (unpaired) electrons. The molecule has 1 aliphatic rings. The van der Waals surface area contributed by atoms with Crippen LogP contribution in [0.4, 0.5) is 0 Å². The smallest absolute Gasteiger partial charge is 0.207 e. The molecule has 1 saturated heterocycles. The maximum Gasteiger partial charge on any atom is 0.207 e. The van der Waals surface area contributed by atoms with Crippen LogP contribution in [0, 0.1) is 16.9 Å². The lowest BCUT2D eigenvalue weighted by Crippen LogP contribution is -2.47. The zero-order chi connectivity index (χ0) is 9.19. The number of nitrogens with zero attached hydrogens (tertiary/aromatic N) is 3. The number of likely N-dealkylation sites (tertiary alicyclic amines) is 1. The summed E-state index contributed by atoms with van der Waals surface area (Å²) in [5.74, 6) is 0.927. The zero-order valence-electron chi connectivity index (χ0n) is 7.96. The predicted molar refractivity (Wildman–Crippen MR) is 48.7 cm³/mol. The van der Waals surface area contributed by atoms with Crippen molar-refractivity contribution in [2.75, 3.05) is 13.1 Å². The Hall–Kier alpha value is -1.04. The van der Waals surface area contributed by atoms with E-state index in [1.807, 2.05) is 6.19 Å². The summed E-state index contributed by atoms with van der Waals surface area (Å²) in [4.78, 5) is 6.04. The summed E-state index contributed by atoms with van der Waals surface area (Å²) in [5, 5.41) is 8.50. The Balaban J connectivity index is 2.76. The summed E-state index contributed by atoms with van der Waals surface area (Å²) < 4.78 is 0. The first-order valence-electron chi connectivity index (χ1n) is 4.28.